The van der Waals surface area contributed by atoms with Gasteiger partial charge in [0.2, 0.25) is 10.0 Å². The number of rotatable bonds is 7. The number of nitrogens with one attached hydrogen (secondary N) is 1. The number of carbonyl (C=O) groups excluding carboxylic acids is 1. The third kappa shape index (κ3) is 5.13. The van der Waals surface area contributed by atoms with Crippen molar-refractivity contribution in [3.8, 4) is 0 Å². The Labute approximate surface area is 194 Å². The van der Waals surface area contributed by atoms with Gasteiger partial charge in [-0.1, -0.05) is 43.3 Å². The molecule has 172 valence electrons. The summed E-state index contributed by atoms with van der Waals surface area (Å²) in [5, 5.41) is 3.07. The van der Waals surface area contributed by atoms with Gasteiger partial charge >= 0.3 is 0 Å². The lowest BCUT2D eigenvalue weighted by atomic mass is 9.99. The number of nitrogens with zero attached hydrogens (tertiary/aromatic N) is 2. The zero-order valence-electron chi connectivity index (χ0n) is 18.5. The van der Waals surface area contributed by atoms with E-state index in [1.807, 2.05) is 49.4 Å². The molecule has 0 radical (unpaired) electrons. The summed E-state index contributed by atoms with van der Waals surface area (Å²) >= 11 is 0. The summed E-state index contributed by atoms with van der Waals surface area (Å²) in [5.74, 6) is -0.346. The van der Waals surface area contributed by atoms with Crippen LogP contribution in [0.2, 0.25) is 0 Å². The Bertz CT molecular complexity index is 1160. The minimum absolute atomic E-state index is 0.180. The molecule has 0 spiro atoms. The van der Waals surface area contributed by atoms with E-state index in [-0.39, 0.29) is 10.8 Å². The molecule has 1 amide bonds. The molecular formula is C25H27N3O4S. The number of pyridine rings is 1. The van der Waals surface area contributed by atoms with Gasteiger partial charge in [-0.2, -0.15) is 4.31 Å². The second-order valence-electron chi connectivity index (χ2n) is 7.79. The topological polar surface area (TPSA) is 88.6 Å². The highest BCUT2D eigenvalue weighted by atomic mass is 32.2. The van der Waals surface area contributed by atoms with Crippen molar-refractivity contribution in [1.82, 2.24) is 14.6 Å². The Morgan fingerprint density at radius 2 is 1.70 bits per heavy atom. The second kappa shape index (κ2) is 10.2. The molecule has 8 heteroatoms. The minimum Gasteiger partial charge on any atom is -0.379 e. The first-order valence-electron chi connectivity index (χ1n) is 11.0. The number of aromatic nitrogens is 1. The van der Waals surface area contributed by atoms with Crippen LogP contribution in [0.3, 0.4) is 0 Å². The molecule has 0 saturated carbocycles. The molecule has 1 fully saturated rings. The van der Waals surface area contributed by atoms with Crippen LogP contribution in [0.1, 0.15) is 40.0 Å². The maximum atomic E-state index is 13.3. The van der Waals surface area contributed by atoms with Crippen LogP contribution in [-0.2, 0) is 21.2 Å². The lowest BCUT2D eigenvalue weighted by molar-refractivity contribution is 0.0730. The predicted molar refractivity (Wildman–Crippen MR) is 125 cm³/mol. The van der Waals surface area contributed by atoms with Crippen LogP contribution in [0.4, 0.5) is 0 Å². The maximum Gasteiger partial charge on any atom is 0.252 e. The van der Waals surface area contributed by atoms with Crippen LogP contribution in [0.5, 0.6) is 0 Å². The third-order valence-electron chi connectivity index (χ3n) is 5.75. The van der Waals surface area contributed by atoms with E-state index < -0.39 is 16.1 Å². The van der Waals surface area contributed by atoms with E-state index >= 15 is 0 Å². The number of hydrogen-bond acceptors (Lipinski definition) is 5. The number of amides is 1. The lowest BCUT2D eigenvalue weighted by Crippen LogP contribution is -2.41. The zero-order valence-corrected chi connectivity index (χ0v) is 19.3. The van der Waals surface area contributed by atoms with E-state index in [9.17, 15) is 13.2 Å². The van der Waals surface area contributed by atoms with Gasteiger partial charge in [-0.25, -0.2) is 8.42 Å². The fourth-order valence-electron chi connectivity index (χ4n) is 3.93. The van der Waals surface area contributed by atoms with E-state index in [4.69, 9.17) is 4.74 Å². The summed E-state index contributed by atoms with van der Waals surface area (Å²) in [4.78, 5) is 17.5. The minimum atomic E-state index is -3.73. The van der Waals surface area contributed by atoms with Crippen LogP contribution in [0.15, 0.2) is 78.0 Å². The molecular weight excluding hydrogens is 438 g/mol. The van der Waals surface area contributed by atoms with Crippen molar-refractivity contribution >= 4 is 15.9 Å². The first-order valence-corrected chi connectivity index (χ1v) is 12.4. The average molecular weight is 466 g/mol. The van der Waals surface area contributed by atoms with E-state index in [0.29, 0.717) is 43.9 Å². The van der Waals surface area contributed by atoms with Crippen LogP contribution in [0.25, 0.3) is 0 Å². The van der Waals surface area contributed by atoms with Crippen LogP contribution in [0, 0.1) is 0 Å². The molecule has 1 aliphatic heterocycles. The average Bonchev–Trinajstić information content (AvgIpc) is 2.88. The largest absolute Gasteiger partial charge is 0.379 e. The molecule has 0 aliphatic carbocycles. The van der Waals surface area contributed by atoms with Crippen LogP contribution >= 0.6 is 0 Å². The highest BCUT2D eigenvalue weighted by Crippen LogP contribution is 2.25. The highest BCUT2D eigenvalue weighted by Gasteiger charge is 2.29. The SMILES string of the molecule is CCc1ccc(C(=O)NC(c2ccccc2)c2ccncc2)cc1S(=O)(=O)N1CCOCC1. The van der Waals surface area contributed by atoms with Gasteiger partial charge < -0.3 is 10.1 Å². The van der Waals surface area contributed by atoms with Gasteiger partial charge in [-0.3, -0.25) is 9.78 Å². The van der Waals surface area contributed by atoms with Crippen molar-refractivity contribution in [3.63, 3.8) is 0 Å². The summed E-state index contributed by atoms with van der Waals surface area (Å²) in [5.41, 5.74) is 2.79. The van der Waals surface area contributed by atoms with Gasteiger partial charge in [0, 0.05) is 31.0 Å². The van der Waals surface area contributed by atoms with Gasteiger partial charge in [0.1, 0.15) is 0 Å². The van der Waals surface area contributed by atoms with Crippen LogP contribution < -0.4 is 5.32 Å². The van der Waals surface area contributed by atoms with E-state index in [1.165, 1.54) is 10.4 Å². The van der Waals surface area contributed by atoms with E-state index in [2.05, 4.69) is 10.3 Å². The molecule has 1 atom stereocenters. The number of sulfonamides is 1. The number of carbonyl (C=O) groups is 1. The van der Waals surface area contributed by atoms with Gasteiger partial charge in [0.25, 0.3) is 5.91 Å². The standard InChI is InChI=1S/C25H27N3O4S/c1-2-19-8-9-22(18-23(19)33(30,31)28-14-16-32-17-15-28)25(29)27-24(20-6-4-3-5-7-20)21-10-12-26-13-11-21/h3-13,18,24H,2,14-17H2,1H3,(H,27,29). The van der Waals surface area contributed by atoms with E-state index in [0.717, 1.165) is 11.1 Å². The summed E-state index contributed by atoms with van der Waals surface area (Å²) in [6.07, 6.45) is 3.91. The Balaban J connectivity index is 1.67. The van der Waals surface area contributed by atoms with Crippen molar-refractivity contribution < 1.29 is 17.9 Å². The van der Waals surface area contributed by atoms with Gasteiger partial charge in [0.15, 0.2) is 0 Å². The molecule has 3 aromatic rings. The number of morpholine rings is 1. The maximum absolute atomic E-state index is 13.3. The van der Waals surface area contributed by atoms with Crippen LogP contribution in [-0.4, -0.2) is 49.9 Å². The first-order chi connectivity index (χ1) is 16.0. The molecule has 33 heavy (non-hydrogen) atoms. The number of hydrogen-bond donors (Lipinski definition) is 1. The first kappa shape index (κ1) is 23.1. The van der Waals surface area contributed by atoms with E-state index in [1.54, 1.807) is 24.5 Å². The van der Waals surface area contributed by atoms with Gasteiger partial charge in [-0.05, 0) is 47.4 Å². The molecule has 1 saturated heterocycles. The molecule has 4 rings (SSSR count). The van der Waals surface area contributed by atoms with Crippen molar-refractivity contribution in [2.75, 3.05) is 26.3 Å². The Kier molecular flexibility index (Phi) is 7.17. The molecule has 1 N–H and O–H groups in total. The fourth-order valence-corrected chi connectivity index (χ4v) is 5.66. The Morgan fingerprint density at radius 3 is 2.36 bits per heavy atom. The third-order valence-corrected chi connectivity index (χ3v) is 7.73. The van der Waals surface area contributed by atoms with Crippen molar-refractivity contribution in [2.24, 2.45) is 0 Å². The summed E-state index contributed by atoms with van der Waals surface area (Å²) in [6, 6.07) is 17.9. The molecule has 1 unspecified atom stereocenters. The summed E-state index contributed by atoms with van der Waals surface area (Å²) in [7, 11) is -3.73. The van der Waals surface area contributed by atoms with Gasteiger partial charge in [-0.15, -0.1) is 0 Å². The predicted octanol–water partition coefficient (Wildman–Crippen LogP) is 3.18. The monoisotopic (exact) mass is 465 g/mol. The van der Waals surface area contributed by atoms with Crippen molar-refractivity contribution in [2.45, 2.75) is 24.3 Å². The molecule has 2 heterocycles. The van der Waals surface area contributed by atoms with Crippen molar-refractivity contribution in [1.29, 1.82) is 0 Å². The Hall–Kier alpha value is -3.07. The second-order valence-corrected chi connectivity index (χ2v) is 9.70. The lowest BCUT2D eigenvalue weighted by Gasteiger charge is -2.27. The Morgan fingerprint density at radius 1 is 1.03 bits per heavy atom. The number of ether oxygens (including phenoxy) is 1. The summed E-state index contributed by atoms with van der Waals surface area (Å²) < 4.78 is 33.4. The smallest absolute Gasteiger partial charge is 0.252 e. The molecule has 0 bridgehead atoms. The van der Waals surface area contributed by atoms with Gasteiger partial charge in [0.05, 0.1) is 24.2 Å². The fraction of sp³-hybridized carbons (Fsp3) is 0.280. The molecule has 1 aromatic heterocycles. The highest BCUT2D eigenvalue weighted by molar-refractivity contribution is 7.89. The number of aryl methyl sites for hydroxylation is 1. The quantitative estimate of drug-likeness (QED) is 0.579. The number of benzene rings is 2. The summed E-state index contributed by atoms with van der Waals surface area (Å²) in [6.45, 7) is 3.25. The zero-order chi connectivity index (χ0) is 23.3. The molecule has 7 nitrogen and oxygen atoms in total. The molecule has 2 aromatic carbocycles. The molecule has 1 aliphatic rings. The van der Waals surface area contributed by atoms with Crippen molar-refractivity contribution in [3.05, 3.63) is 95.3 Å². The normalized spacial score (nSPS) is 15.7.